The number of carbonyl (C=O) groups excluding carboxylic acids is 1. The number of aryl methyl sites for hydroxylation is 1. The number of amides is 1. The van der Waals surface area contributed by atoms with E-state index in [0.29, 0.717) is 5.56 Å². The van der Waals surface area contributed by atoms with Crippen molar-refractivity contribution in [2.75, 3.05) is 7.05 Å². The Bertz CT molecular complexity index is 488. The van der Waals surface area contributed by atoms with Gasteiger partial charge >= 0.3 is 0 Å². The van der Waals surface area contributed by atoms with Crippen LogP contribution in [0.25, 0.3) is 0 Å². The van der Waals surface area contributed by atoms with E-state index in [0.717, 1.165) is 0 Å². The summed E-state index contributed by atoms with van der Waals surface area (Å²) in [4.78, 5) is 13.3. The zero-order valence-corrected chi connectivity index (χ0v) is 10.5. The highest BCUT2D eigenvalue weighted by Crippen LogP contribution is 2.14. The number of carbonyl (C=O) groups is 1. The largest absolute Gasteiger partial charge is 0.409 e. The third-order valence-corrected chi connectivity index (χ3v) is 2.87. The molecule has 0 saturated heterocycles. The molecule has 1 unspecified atom stereocenters. The van der Waals surface area contributed by atoms with Crippen molar-refractivity contribution in [2.45, 2.75) is 19.9 Å². The summed E-state index contributed by atoms with van der Waals surface area (Å²) >= 11 is 0. The molecule has 5 nitrogen and oxygen atoms in total. The molecule has 1 aromatic rings. The number of amidine groups is 1. The van der Waals surface area contributed by atoms with Crippen LogP contribution in [0.15, 0.2) is 23.4 Å². The summed E-state index contributed by atoms with van der Waals surface area (Å²) in [6.45, 7) is 3.17. The van der Waals surface area contributed by atoms with Crippen molar-refractivity contribution in [3.63, 3.8) is 0 Å². The fourth-order valence-corrected chi connectivity index (χ4v) is 1.46. The van der Waals surface area contributed by atoms with Crippen LogP contribution in [0.5, 0.6) is 0 Å². The average molecular weight is 253 g/mol. The molecule has 0 spiro atoms. The van der Waals surface area contributed by atoms with Gasteiger partial charge in [-0.15, -0.1) is 0 Å². The zero-order chi connectivity index (χ0) is 13.9. The van der Waals surface area contributed by atoms with E-state index in [1.54, 1.807) is 26.0 Å². The van der Waals surface area contributed by atoms with E-state index in [-0.39, 0.29) is 11.4 Å². The molecule has 98 valence electrons. The summed E-state index contributed by atoms with van der Waals surface area (Å²) in [5.74, 6) is -1.18. The van der Waals surface area contributed by atoms with Gasteiger partial charge in [0.2, 0.25) is 0 Å². The number of nitrogens with two attached hydrogens (primary N) is 1. The third-order valence-electron chi connectivity index (χ3n) is 2.87. The molecule has 0 heterocycles. The zero-order valence-electron chi connectivity index (χ0n) is 10.5. The van der Waals surface area contributed by atoms with Crippen molar-refractivity contribution in [2.24, 2.45) is 10.9 Å². The Morgan fingerprint density at radius 1 is 1.56 bits per heavy atom. The number of oxime groups is 1. The minimum Gasteiger partial charge on any atom is -0.409 e. The molecule has 1 atom stereocenters. The third kappa shape index (κ3) is 2.58. The fourth-order valence-electron chi connectivity index (χ4n) is 1.46. The van der Waals surface area contributed by atoms with Gasteiger partial charge in [-0.25, -0.2) is 4.39 Å². The van der Waals surface area contributed by atoms with Crippen LogP contribution < -0.4 is 5.73 Å². The molecule has 0 bridgehead atoms. The summed E-state index contributed by atoms with van der Waals surface area (Å²) in [6.07, 6.45) is 0. The van der Waals surface area contributed by atoms with E-state index in [1.807, 2.05) is 0 Å². The highest BCUT2D eigenvalue weighted by atomic mass is 19.1. The second-order valence-corrected chi connectivity index (χ2v) is 4.05. The van der Waals surface area contributed by atoms with Crippen LogP contribution in [0.2, 0.25) is 0 Å². The van der Waals surface area contributed by atoms with Gasteiger partial charge in [0, 0.05) is 7.05 Å². The maximum absolute atomic E-state index is 13.8. The molecule has 0 aliphatic heterocycles. The highest BCUT2D eigenvalue weighted by Gasteiger charge is 2.23. The van der Waals surface area contributed by atoms with Gasteiger partial charge in [0.15, 0.2) is 5.84 Å². The quantitative estimate of drug-likeness (QED) is 0.369. The Labute approximate surface area is 105 Å². The predicted molar refractivity (Wildman–Crippen MR) is 66.1 cm³/mol. The Morgan fingerprint density at radius 2 is 2.17 bits per heavy atom. The van der Waals surface area contributed by atoms with Gasteiger partial charge in [-0.1, -0.05) is 17.3 Å². The Hall–Kier alpha value is -2.11. The lowest BCUT2D eigenvalue weighted by atomic mass is 10.1. The van der Waals surface area contributed by atoms with Crippen LogP contribution in [-0.4, -0.2) is 34.9 Å². The number of nitrogens with zero attached hydrogens (tertiary/aromatic N) is 2. The van der Waals surface area contributed by atoms with Crippen LogP contribution in [0, 0.1) is 12.7 Å². The topological polar surface area (TPSA) is 78.9 Å². The number of halogens is 1. The van der Waals surface area contributed by atoms with Gasteiger partial charge in [0.25, 0.3) is 5.91 Å². The van der Waals surface area contributed by atoms with E-state index >= 15 is 0 Å². The second kappa shape index (κ2) is 5.48. The van der Waals surface area contributed by atoms with Gasteiger partial charge in [0.1, 0.15) is 5.82 Å². The van der Waals surface area contributed by atoms with Crippen molar-refractivity contribution in [1.82, 2.24) is 4.90 Å². The first-order chi connectivity index (χ1) is 8.40. The van der Waals surface area contributed by atoms with Crippen molar-refractivity contribution in [1.29, 1.82) is 0 Å². The molecule has 1 rings (SSSR count). The highest BCUT2D eigenvalue weighted by molar-refractivity contribution is 5.98. The first-order valence-corrected chi connectivity index (χ1v) is 5.39. The smallest absolute Gasteiger partial charge is 0.257 e. The van der Waals surface area contributed by atoms with E-state index in [1.165, 1.54) is 18.0 Å². The second-order valence-electron chi connectivity index (χ2n) is 4.05. The minimum absolute atomic E-state index is 0.0323. The predicted octanol–water partition coefficient (Wildman–Crippen LogP) is 1.34. The molecule has 0 radical (unpaired) electrons. The van der Waals surface area contributed by atoms with E-state index < -0.39 is 17.8 Å². The minimum atomic E-state index is -0.623. The summed E-state index contributed by atoms with van der Waals surface area (Å²) in [7, 11) is 1.47. The molecule has 0 aromatic heterocycles. The van der Waals surface area contributed by atoms with Crippen LogP contribution in [0.4, 0.5) is 4.39 Å². The lowest BCUT2D eigenvalue weighted by Gasteiger charge is -2.24. The van der Waals surface area contributed by atoms with Gasteiger partial charge < -0.3 is 15.8 Å². The molecule has 1 aromatic carbocycles. The Balaban J connectivity index is 3.04. The molecule has 0 saturated carbocycles. The fraction of sp³-hybridized carbons (Fsp3) is 0.333. The summed E-state index contributed by atoms with van der Waals surface area (Å²) in [6, 6.07) is 3.97. The SMILES string of the molecule is Cc1cccc(C(=O)N(C)C(C)/C(N)=N/O)c1F. The molecule has 0 aliphatic carbocycles. The summed E-state index contributed by atoms with van der Waals surface area (Å²) in [5, 5.41) is 11.4. The lowest BCUT2D eigenvalue weighted by molar-refractivity contribution is 0.0771. The van der Waals surface area contributed by atoms with Crippen LogP contribution in [0.3, 0.4) is 0 Å². The lowest BCUT2D eigenvalue weighted by Crippen LogP contribution is -2.44. The van der Waals surface area contributed by atoms with Gasteiger partial charge in [0.05, 0.1) is 11.6 Å². The van der Waals surface area contributed by atoms with Crippen molar-refractivity contribution >= 4 is 11.7 Å². The number of benzene rings is 1. The van der Waals surface area contributed by atoms with Gasteiger partial charge in [-0.05, 0) is 25.5 Å². The molecule has 3 N–H and O–H groups in total. The maximum Gasteiger partial charge on any atom is 0.257 e. The number of likely N-dealkylation sites (N-methyl/N-ethyl adjacent to an activating group) is 1. The number of rotatable bonds is 3. The molecular weight excluding hydrogens is 237 g/mol. The van der Waals surface area contributed by atoms with E-state index in [2.05, 4.69) is 5.16 Å². The molecular formula is C12H16FN3O2. The first kappa shape index (κ1) is 14.0. The normalized spacial score (nSPS) is 13.2. The van der Waals surface area contributed by atoms with Crippen molar-refractivity contribution in [3.8, 4) is 0 Å². The Morgan fingerprint density at radius 3 is 2.72 bits per heavy atom. The van der Waals surface area contributed by atoms with E-state index in [9.17, 15) is 9.18 Å². The Kier molecular flexibility index (Phi) is 4.25. The summed E-state index contributed by atoms with van der Waals surface area (Å²) < 4.78 is 13.8. The molecule has 6 heteroatoms. The van der Waals surface area contributed by atoms with E-state index in [4.69, 9.17) is 10.9 Å². The monoisotopic (exact) mass is 253 g/mol. The van der Waals surface area contributed by atoms with Crippen LogP contribution in [0.1, 0.15) is 22.8 Å². The number of hydrogen-bond donors (Lipinski definition) is 2. The van der Waals surface area contributed by atoms with Gasteiger partial charge in [-0.2, -0.15) is 0 Å². The van der Waals surface area contributed by atoms with Crippen molar-refractivity contribution < 1.29 is 14.4 Å². The van der Waals surface area contributed by atoms with Crippen LogP contribution in [-0.2, 0) is 0 Å². The number of hydrogen-bond acceptors (Lipinski definition) is 3. The molecule has 18 heavy (non-hydrogen) atoms. The van der Waals surface area contributed by atoms with Crippen molar-refractivity contribution in [3.05, 3.63) is 35.1 Å². The summed E-state index contributed by atoms with van der Waals surface area (Å²) in [5.41, 5.74) is 5.78. The average Bonchev–Trinajstić information content (AvgIpc) is 2.38. The maximum atomic E-state index is 13.8. The molecule has 0 fully saturated rings. The standard InChI is InChI=1S/C12H16FN3O2/c1-7-5-4-6-9(10(7)13)12(17)16(3)8(2)11(14)15-18/h4-6,8,18H,1-3H3,(H2,14,15). The molecule has 0 aliphatic rings. The first-order valence-electron chi connectivity index (χ1n) is 5.39. The van der Waals surface area contributed by atoms with Gasteiger partial charge in [-0.3, -0.25) is 4.79 Å². The molecule has 1 amide bonds. The van der Waals surface area contributed by atoms with Crippen LogP contribution >= 0.6 is 0 Å².